The van der Waals surface area contributed by atoms with Gasteiger partial charge in [-0.3, -0.25) is 9.59 Å². The maximum atomic E-state index is 13.0. The van der Waals surface area contributed by atoms with Crippen molar-refractivity contribution >= 4 is 17.5 Å². The van der Waals surface area contributed by atoms with Crippen LogP contribution in [0.3, 0.4) is 0 Å². The summed E-state index contributed by atoms with van der Waals surface area (Å²) < 4.78 is 27.3. The molecule has 2 aromatic carbocycles. The predicted octanol–water partition coefficient (Wildman–Crippen LogP) is 3.27. The summed E-state index contributed by atoms with van der Waals surface area (Å²) in [6.07, 6.45) is 0. The Labute approximate surface area is 158 Å². The third kappa shape index (κ3) is 4.57. The van der Waals surface area contributed by atoms with Crippen LogP contribution in [0.25, 0.3) is 11.3 Å². The summed E-state index contributed by atoms with van der Waals surface area (Å²) in [6.45, 7) is 0.241. The van der Waals surface area contributed by atoms with Gasteiger partial charge in [0.25, 0.3) is 11.5 Å². The average Bonchev–Trinajstić information content (AvgIpc) is 2.64. The predicted molar refractivity (Wildman–Crippen MR) is 97.6 cm³/mol. The number of nitrogens with one attached hydrogen (secondary N) is 1. The van der Waals surface area contributed by atoms with Crippen molar-refractivity contribution in [1.82, 2.24) is 15.1 Å². The molecule has 0 radical (unpaired) electrons. The Morgan fingerprint density at radius 3 is 2.44 bits per heavy atom. The second-order valence-corrected chi connectivity index (χ2v) is 6.07. The average molecular weight is 390 g/mol. The number of benzene rings is 2. The molecule has 0 aliphatic rings. The largest absolute Gasteiger partial charge is 0.350 e. The smallest absolute Gasteiger partial charge is 0.266 e. The molecule has 1 heterocycles. The van der Waals surface area contributed by atoms with Gasteiger partial charge in [0.1, 0.15) is 11.6 Å². The van der Waals surface area contributed by atoms with Crippen LogP contribution < -0.4 is 10.9 Å². The van der Waals surface area contributed by atoms with E-state index in [9.17, 15) is 18.4 Å². The van der Waals surface area contributed by atoms with E-state index in [-0.39, 0.29) is 35.1 Å². The molecular weight excluding hydrogens is 376 g/mol. The zero-order chi connectivity index (χ0) is 19.4. The van der Waals surface area contributed by atoms with Gasteiger partial charge in [-0.25, -0.2) is 13.5 Å². The van der Waals surface area contributed by atoms with Crippen molar-refractivity contribution < 1.29 is 13.6 Å². The standard InChI is InChI=1S/C19H14ClF2N3O2/c20-16-11-14(22)5-6-15(16)19(27)23-9-10-25-18(26)8-7-17(24-25)12-1-3-13(21)4-2-12/h1-8,11H,9-10H2,(H,23,27). The molecule has 27 heavy (non-hydrogen) atoms. The van der Waals surface area contributed by atoms with E-state index in [1.807, 2.05) is 0 Å². The zero-order valence-corrected chi connectivity index (χ0v) is 14.7. The third-order valence-electron chi connectivity index (χ3n) is 3.79. The van der Waals surface area contributed by atoms with E-state index in [1.165, 1.54) is 28.9 Å². The van der Waals surface area contributed by atoms with Gasteiger partial charge in [0.05, 0.1) is 22.8 Å². The van der Waals surface area contributed by atoms with Crippen molar-refractivity contribution in [1.29, 1.82) is 0 Å². The second-order valence-electron chi connectivity index (χ2n) is 5.67. The lowest BCUT2D eigenvalue weighted by Crippen LogP contribution is -2.32. The van der Waals surface area contributed by atoms with Crippen LogP contribution in [-0.4, -0.2) is 22.2 Å². The fourth-order valence-electron chi connectivity index (χ4n) is 2.43. The SMILES string of the molecule is O=C(NCCn1nc(-c2ccc(F)cc2)ccc1=O)c1ccc(F)cc1Cl. The molecule has 0 aliphatic carbocycles. The molecule has 1 N–H and O–H groups in total. The van der Waals surface area contributed by atoms with E-state index in [1.54, 1.807) is 18.2 Å². The Hall–Kier alpha value is -3.06. The van der Waals surface area contributed by atoms with Gasteiger partial charge in [-0.2, -0.15) is 5.10 Å². The van der Waals surface area contributed by atoms with E-state index in [4.69, 9.17) is 11.6 Å². The molecule has 138 valence electrons. The molecular formula is C19H14ClF2N3O2. The molecule has 1 amide bonds. The summed E-state index contributed by atoms with van der Waals surface area (Å²) in [4.78, 5) is 24.1. The number of halogens is 3. The molecule has 0 saturated heterocycles. The van der Waals surface area contributed by atoms with E-state index < -0.39 is 11.7 Å². The highest BCUT2D eigenvalue weighted by Gasteiger charge is 2.11. The molecule has 1 aromatic heterocycles. The maximum absolute atomic E-state index is 13.0. The van der Waals surface area contributed by atoms with E-state index in [0.29, 0.717) is 11.3 Å². The summed E-state index contributed by atoms with van der Waals surface area (Å²) in [7, 11) is 0. The number of amides is 1. The first-order chi connectivity index (χ1) is 12.9. The van der Waals surface area contributed by atoms with Crippen molar-refractivity contribution in [2.24, 2.45) is 0 Å². The summed E-state index contributed by atoms with van der Waals surface area (Å²) in [5, 5.41) is 6.83. The molecule has 0 bridgehead atoms. The molecule has 0 aliphatic heterocycles. The topological polar surface area (TPSA) is 64.0 Å². The molecule has 0 spiro atoms. The molecule has 5 nitrogen and oxygen atoms in total. The van der Waals surface area contributed by atoms with Crippen molar-refractivity contribution in [2.45, 2.75) is 6.54 Å². The molecule has 0 atom stereocenters. The minimum absolute atomic E-state index is 0.00102. The number of aromatic nitrogens is 2. The number of hydrogen-bond acceptors (Lipinski definition) is 3. The van der Waals surface area contributed by atoms with Gasteiger partial charge < -0.3 is 5.32 Å². The quantitative estimate of drug-likeness (QED) is 0.728. The zero-order valence-electron chi connectivity index (χ0n) is 14.0. The highest BCUT2D eigenvalue weighted by atomic mass is 35.5. The van der Waals surface area contributed by atoms with Crippen LogP contribution in [0, 0.1) is 11.6 Å². The lowest BCUT2D eigenvalue weighted by Gasteiger charge is -2.09. The maximum Gasteiger partial charge on any atom is 0.266 e. The molecule has 0 saturated carbocycles. The first-order valence-corrected chi connectivity index (χ1v) is 8.39. The Bertz CT molecular complexity index is 1040. The minimum Gasteiger partial charge on any atom is -0.350 e. The normalized spacial score (nSPS) is 10.6. The highest BCUT2D eigenvalue weighted by molar-refractivity contribution is 6.33. The number of rotatable bonds is 5. The van der Waals surface area contributed by atoms with Gasteiger partial charge in [0.15, 0.2) is 0 Å². The number of carbonyl (C=O) groups is 1. The minimum atomic E-state index is -0.537. The first-order valence-electron chi connectivity index (χ1n) is 8.01. The molecule has 3 aromatic rings. The Kier molecular flexibility index (Phi) is 5.61. The van der Waals surface area contributed by atoms with Gasteiger partial charge >= 0.3 is 0 Å². The van der Waals surface area contributed by atoms with Crippen LogP contribution in [-0.2, 0) is 6.54 Å². The molecule has 8 heteroatoms. The van der Waals surface area contributed by atoms with Crippen LogP contribution in [0.1, 0.15) is 10.4 Å². The van der Waals surface area contributed by atoms with Gasteiger partial charge in [-0.1, -0.05) is 11.6 Å². The van der Waals surface area contributed by atoms with Gasteiger partial charge in [0.2, 0.25) is 0 Å². The third-order valence-corrected chi connectivity index (χ3v) is 4.10. The van der Waals surface area contributed by atoms with E-state index in [0.717, 1.165) is 12.1 Å². The Balaban J connectivity index is 1.69. The van der Waals surface area contributed by atoms with Crippen LogP contribution in [0.15, 0.2) is 59.4 Å². The molecule has 3 rings (SSSR count). The molecule has 0 unspecified atom stereocenters. The van der Waals surface area contributed by atoms with Crippen molar-refractivity contribution in [2.75, 3.05) is 6.54 Å². The van der Waals surface area contributed by atoms with E-state index >= 15 is 0 Å². The second kappa shape index (κ2) is 8.09. The fourth-order valence-corrected chi connectivity index (χ4v) is 2.68. The first kappa shape index (κ1) is 18.7. The van der Waals surface area contributed by atoms with Gasteiger partial charge in [-0.05, 0) is 48.5 Å². The van der Waals surface area contributed by atoms with Crippen LogP contribution >= 0.6 is 11.6 Å². The Morgan fingerprint density at radius 1 is 1.04 bits per heavy atom. The van der Waals surface area contributed by atoms with Crippen molar-refractivity contribution in [3.8, 4) is 11.3 Å². The number of hydrogen-bond donors (Lipinski definition) is 1. The van der Waals surface area contributed by atoms with Crippen LogP contribution in [0.2, 0.25) is 5.02 Å². The van der Waals surface area contributed by atoms with Crippen molar-refractivity contribution in [3.63, 3.8) is 0 Å². The monoisotopic (exact) mass is 389 g/mol. The molecule has 0 fully saturated rings. The highest BCUT2D eigenvalue weighted by Crippen LogP contribution is 2.17. The van der Waals surface area contributed by atoms with Crippen LogP contribution in [0.4, 0.5) is 8.78 Å². The van der Waals surface area contributed by atoms with E-state index in [2.05, 4.69) is 10.4 Å². The van der Waals surface area contributed by atoms with Crippen LogP contribution in [0.5, 0.6) is 0 Å². The lowest BCUT2D eigenvalue weighted by atomic mass is 10.1. The summed E-state index contributed by atoms with van der Waals surface area (Å²) in [5.74, 6) is -1.39. The summed E-state index contributed by atoms with van der Waals surface area (Å²) >= 11 is 5.85. The van der Waals surface area contributed by atoms with Crippen molar-refractivity contribution in [3.05, 3.63) is 87.2 Å². The van der Waals surface area contributed by atoms with Gasteiger partial charge in [-0.15, -0.1) is 0 Å². The fraction of sp³-hybridized carbons (Fsp3) is 0.105. The Morgan fingerprint density at radius 2 is 1.74 bits per heavy atom. The lowest BCUT2D eigenvalue weighted by molar-refractivity contribution is 0.0952. The summed E-state index contributed by atoms with van der Waals surface area (Å²) in [5.41, 5.74) is 0.961. The van der Waals surface area contributed by atoms with Gasteiger partial charge in [0, 0.05) is 18.2 Å². The number of nitrogens with zero attached hydrogens (tertiary/aromatic N) is 2. The number of carbonyl (C=O) groups excluding carboxylic acids is 1. The summed E-state index contributed by atoms with van der Waals surface area (Å²) in [6, 6.07) is 12.1.